The van der Waals surface area contributed by atoms with Crippen molar-refractivity contribution < 1.29 is 38.8 Å². The largest absolute Gasteiger partial charge is 0.469 e. The van der Waals surface area contributed by atoms with Crippen LogP contribution in [0.25, 0.3) is 22.2 Å². The number of rotatable bonds is 8. The van der Waals surface area contributed by atoms with E-state index < -0.39 is 50.5 Å². The van der Waals surface area contributed by atoms with E-state index in [1.807, 2.05) is 6.92 Å². The molecule has 0 aliphatic rings. The SMILES string of the molecule is Cc1cc2nc3c(=O)[nH]c(=O)[nH]c3[n+](C[C@H](O)[C@H](O)[C@H](O)COP(=O)(O)O)c2cc1CS. The molecule has 0 amide bonds. The summed E-state index contributed by atoms with van der Waals surface area (Å²) in [6.45, 7) is 0.469. The maximum atomic E-state index is 12.3. The molecule has 1 aromatic carbocycles. The Bertz CT molecular complexity index is 1320. The van der Waals surface area contributed by atoms with Gasteiger partial charge in [-0.2, -0.15) is 17.6 Å². The van der Waals surface area contributed by atoms with Gasteiger partial charge in [0.25, 0.3) is 5.56 Å². The molecule has 0 saturated carbocycles. The summed E-state index contributed by atoms with van der Waals surface area (Å²) in [6.07, 6.45) is -5.40. The van der Waals surface area contributed by atoms with Crippen molar-refractivity contribution in [1.29, 1.82) is 0 Å². The molecular formula is C17H22N4O9PS+. The molecule has 7 N–H and O–H groups in total. The molecule has 3 aromatic rings. The van der Waals surface area contributed by atoms with Crippen molar-refractivity contribution in [2.75, 3.05) is 6.61 Å². The number of hydrogen-bond acceptors (Lipinski definition) is 9. The molecule has 13 nitrogen and oxygen atoms in total. The smallest absolute Gasteiger partial charge is 0.388 e. The molecule has 3 atom stereocenters. The minimum Gasteiger partial charge on any atom is -0.388 e. The van der Waals surface area contributed by atoms with Crippen molar-refractivity contribution in [3.05, 3.63) is 44.1 Å². The third-order valence-corrected chi connectivity index (χ3v) is 5.69. The number of nitrogens with zero attached hydrogens (tertiary/aromatic N) is 2. The lowest BCUT2D eigenvalue weighted by Gasteiger charge is -2.22. The Kier molecular flexibility index (Phi) is 7.17. The maximum absolute atomic E-state index is 12.3. The number of H-pyrrole nitrogens is 2. The van der Waals surface area contributed by atoms with Gasteiger partial charge in [-0.15, -0.1) is 0 Å². The lowest BCUT2D eigenvalue weighted by molar-refractivity contribution is -0.657. The van der Waals surface area contributed by atoms with Gasteiger partial charge in [0.15, 0.2) is 5.52 Å². The number of aliphatic hydroxyl groups excluding tert-OH is 3. The first-order valence-corrected chi connectivity index (χ1v) is 11.4. The first kappa shape index (κ1) is 24.5. The van der Waals surface area contributed by atoms with Gasteiger partial charge in [-0.3, -0.25) is 14.3 Å². The van der Waals surface area contributed by atoms with Crippen molar-refractivity contribution in [2.45, 2.75) is 37.5 Å². The second kappa shape index (κ2) is 9.37. The highest BCUT2D eigenvalue weighted by atomic mass is 32.1. The van der Waals surface area contributed by atoms with Gasteiger partial charge in [0.05, 0.1) is 6.61 Å². The Morgan fingerprint density at radius 3 is 2.50 bits per heavy atom. The maximum Gasteiger partial charge on any atom is 0.469 e. The minimum atomic E-state index is -4.90. The number of thiol groups is 1. The van der Waals surface area contributed by atoms with Gasteiger partial charge in [-0.25, -0.2) is 18.9 Å². The summed E-state index contributed by atoms with van der Waals surface area (Å²) in [5.74, 6) is 0.370. The zero-order valence-electron chi connectivity index (χ0n) is 16.7. The average molecular weight is 489 g/mol. The van der Waals surface area contributed by atoms with E-state index in [-0.39, 0.29) is 11.2 Å². The molecule has 32 heavy (non-hydrogen) atoms. The van der Waals surface area contributed by atoms with Gasteiger partial charge in [-0.05, 0) is 30.2 Å². The van der Waals surface area contributed by atoms with Gasteiger partial charge in [-0.1, -0.05) is 0 Å². The standard InChI is InChI=1S/C17H21N4O9PS/c1-7-2-9-10(3-8(7)6-32)21(15-13(18-9)16(25)20-17(26)19-15)4-11(22)14(24)12(23)5-30-31(27,28)29/h2-3,11-12,14,22-24H,4-6H2,1H3,(H4,20,25,26,27,28,29,32)/p+1/t11-,12+,14-/m0/s1. The number of aromatic nitrogens is 4. The molecule has 0 aliphatic heterocycles. The van der Waals surface area contributed by atoms with E-state index in [2.05, 4.69) is 32.1 Å². The first-order chi connectivity index (χ1) is 14.9. The molecule has 0 unspecified atom stereocenters. The fourth-order valence-electron chi connectivity index (χ4n) is 3.22. The number of hydrogen-bond donors (Lipinski definition) is 8. The fourth-order valence-corrected chi connectivity index (χ4v) is 3.91. The highest BCUT2D eigenvalue weighted by Crippen LogP contribution is 2.35. The average Bonchev–Trinajstić information content (AvgIpc) is 2.70. The Hall–Kier alpha value is -2.16. The van der Waals surface area contributed by atoms with E-state index in [1.165, 1.54) is 4.57 Å². The molecular weight excluding hydrogens is 467 g/mol. The number of aromatic amines is 2. The Balaban J connectivity index is 2.11. The molecule has 3 rings (SSSR count). The molecule has 2 aromatic heterocycles. The summed E-state index contributed by atoms with van der Waals surface area (Å²) >= 11 is 4.28. The van der Waals surface area contributed by atoms with Crippen molar-refractivity contribution in [2.24, 2.45) is 0 Å². The Morgan fingerprint density at radius 2 is 1.88 bits per heavy atom. The normalized spacial score (nSPS) is 15.2. The summed E-state index contributed by atoms with van der Waals surface area (Å²) in [7, 11) is -4.90. The first-order valence-electron chi connectivity index (χ1n) is 9.25. The zero-order valence-corrected chi connectivity index (χ0v) is 18.5. The van der Waals surface area contributed by atoms with E-state index in [0.717, 1.165) is 11.1 Å². The van der Waals surface area contributed by atoms with Crippen LogP contribution in [-0.2, 0) is 21.4 Å². The van der Waals surface area contributed by atoms with Crippen LogP contribution in [0.1, 0.15) is 11.1 Å². The Morgan fingerprint density at radius 1 is 1.19 bits per heavy atom. The van der Waals surface area contributed by atoms with E-state index in [0.29, 0.717) is 16.8 Å². The summed E-state index contributed by atoms with van der Waals surface area (Å²) in [6, 6.07) is 3.41. The molecule has 174 valence electrons. The number of fused-ring (bicyclic) bond motifs is 2. The number of aliphatic hydroxyl groups is 3. The van der Waals surface area contributed by atoms with Gasteiger partial charge >= 0.3 is 19.2 Å². The van der Waals surface area contributed by atoms with E-state index in [9.17, 15) is 29.5 Å². The fraction of sp³-hybridized carbons (Fsp3) is 0.412. The molecule has 15 heteroatoms. The zero-order chi connectivity index (χ0) is 23.8. The molecule has 0 saturated heterocycles. The monoisotopic (exact) mass is 489 g/mol. The van der Waals surface area contributed by atoms with E-state index in [4.69, 9.17) is 9.79 Å². The van der Waals surface area contributed by atoms with Crippen LogP contribution in [0.15, 0.2) is 21.7 Å². The second-order valence-electron chi connectivity index (χ2n) is 7.17. The lowest BCUT2D eigenvalue weighted by atomic mass is 10.1. The van der Waals surface area contributed by atoms with Gasteiger partial charge in [0, 0.05) is 5.75 Å². The van der Waals surface area contributed by atoms with E-state index in [1.54, 1.807) is 12.1 Å². The minimum absolute atomic E-state index is 0.0348. The van der Waals surface area contributed by atoms with Gasteiger partial charge in [0.2, 0.25) is 5.52 Å². The summed E-state index contributed by atoms with van der Waals surface area (Å²) in [5.41, 5.74) is 0.690. The summed E-state index contributed by atoms with van der Waals surface area (Å²) in [4.78, 5) is 50.5. The molecule has 0 radical (unpaired) electrons. The second-order valence-corrected chi connectivity index (χ2v) is 8.72. The highest BCUT2D eigenvalue weighted by molar-refractivity contribution is 7.79. The Labute approximate surface area is 185 Å². The van der Waals surface area contributed by atoms with Crippen molar-refractivity contribution in [3.63, 3.8) is 0 Å². The quantitative estimate of drug-likeness (QED) is 0.0753. The molecule has 0 fully saturated rings. The van der Waals surface area contributed by atoms with Crippen LogP contribution in [-0.4, -0.2) is 65.0 Å². The predicted molar refractivity (Wildman–Crippen MR) is 114 cm³/mol. The van der Waals surface area contributed by atoms with Crippen LogP contribution >= 0.6 is 20.5 Å². The third-order valence-electron chi connectivity index (χ3n) is 4.87. The van der Waals surface area contributed by atoms with Crippen LogP contribution in [0.5, 0.6) is 0 Å². The number of nitrogens with one attached hydrogen (secondary N) is 2. The van der Waals surface area contributed by atoms with E-state index >= 15 is 0 Å². The number of phosphoric ester groups is 1. The van der Waals surface area contributed by atoms with Gasteiger partial charge < -0.3 is 25.1 Å². The summed E-state index contributed by atoms with van der Waals surface area (Å²) in [5, 5.41) is 30.7. The van der Waals surface area contributed by atoms with Crippen molar-refractivity contribution >= 4 is 42.6 Å². The van der Waals surface area contributed by atoms with Crippen LogP contribution in [0.4, 0.5) is 0 Å². The van der Waals surface area contributed by atoms with Gasteiger partial charge in [0.1, 0.15) is 30.4 Å². The topological polar surface area (TPSA) is 210 Å². The number of benzene rings is 1. The lowest BCUT2D eigenvalue weighted by Crippen LogP contribution is -2.51. The van der Waals surface area contributed by atoms with Crippen LogP contribution in [0.2, 0.25) is 0 Å². The third kappa shape index (κ3) is 5.24. The van der Waals surface area contributed by atoms with Crippen LogP contribution in [0.3, 0.4) is 0 Å². The van der Waals surface area contributed by atoms with Crippen molar-refractivity contribution in [3.8, 4) is 0 Å². The molecule has 2 heterocycles. The van der Waals surface area contributed by atoms with Crippen LogP contribution < -0.4 is 15.8 Å². The predicted octanol–water partition coefficient (Wildman–Crippen LogP) is -2.02. The summed E-state index contributed by atoms with van der Waals surface area (Å²) < 4.78 is 16.3. The van der Waals surface area contributed by atoms with Crippen molar-refractivity contribution in [1.82, 2.24) is 15.0 Å². The molecule has 0 spiro atoms. The molecule has 0 bridgehead atoms. The molecule has 0 aliphatic carbocycles. The number of phosphoric acid groups is 1. The van der Waals surface area contributed by atoms with Crippen LogP contribution in [0, 0.1) is 6.92 Å². The highest BCUT2D eigenvalue weighted by Gasteiger charge is 2.31. The number of aryl methyl sites for hydroxylation is 1.